The van der Waals surface area contributed by atoms with Crippen LogP contribution in [-0.4, -0.2) is 18.6 Å². The lowest BCUT2D eigenvalue weighted by molar-refractivity contribution is -0.121. The second-order valence-electron chi connectivity index (χ2n) is 3.33. The summed E-state index contributed by atoms with van der Waals surface area (Å²) >= 11 is 0. The van der Waals surface area contributed by atoms with E-state index in [4.69, 9.17) is 4.74 Å². The highest BCUT2D eigenvalue weighted by Gasteiger charge is 2.30. The van der Waals surface area contributed by atoms with Gasteiger partial charge >= 0.3 is 0 Å². The first-order valence-corrected chi connectivity index (χ1v) is 3.83. The fraction of sp³-hybridized carbons (Fsp3) is 1.00. The van der Waals surface area contributed by atoms with Crippen molar-refractivity contribution in [2.24, 2.45) is 5.92 Å². The normalized spacial score (nSPS) is 15.5. The Morgan fingerprint density at radius 1 is 1.27 bits per heavy atom. The molecule has 68 valence electrons. The van der Waals surface area contributed by atoms with Crippen LogP contribution in [0.25, 0.3) is 0 Å². The van der Waals surface area contributed by atoms with Crippen LogP contribution < -0.4 is 0 Å². The highest BCUT2D eigenvalue weighted by Crippen LogP contribution is 2.20. The van der Waals surface area contributed by atoms with E-state index in [0.29, 0.717) is 12.5 Å². The third-order valence-electron chi connectivity index (χ3n) is 1.39. The molecule has 0 amide bonds. The van der Waals surface area contributed by atoms with E-state index in [1.54, 1.807) is 0 Å². The van der Waals surface area contributed by atoms with Crippen molar-refractivity contribution in [2.45, 2.75) is 39.7 Å². The molecule has 3 heteroatoms. The van der Waals surface area contributed by atoms with E-state index >= 15 is 0 Å². The molecule has 0 heterocycles. The number of alkyl halides is 2. The first kappa shape index (κ1) is 10.8. The Morgan fingerprint density at radius 2 is 1.73 bits per heavy atom. The van der Waals surface area contributed by atoms with E-state index in [9.17, 15) is 8.78 Å². The second kappa shape index (κ2) is 4.00. The van der Waals surface area contributed by atoms with Gasteiger partial charge in [-0.15, -0.1) is 0 Å². The molecule has 0 aromatic heterocycles. The minimum Gasteiger partial charge on any atom is -0.372 e. The Kier molecular flexibility index (Phi) is 3.93. The molecular weight excluding hydrogens is 150 g/mol. The summed E-state index contributed by atoms with van der Waals surface area (Å²) in [6, 6.07) is 0. The van der Waals surface area contributed by atoms with Crippen LogP contribution in [0.1, 0.15) is 27.7 Å². The Hall–Kier alpha value is -0.180. The maximum Gasteiger partial charge on any atom is 0.270 e. The molecule has 1 unspecified atom stereocenters. The van der Waals surface area contributed by atoms with Gasteiger partial charge in [0.25, 0.3) is 5.92 Å². The average molecular weight is 166 g/mol. The fourth-order valence-corrected chi connectivity index (χ4v) is 0.483. The maximum atomic E-state index is 12.4. The predicted octanol–water partition coefficient (Wildman–Crippen LogP) is 2.70. The third-order valence-corrected chi connectivity index (χ3v) is 1.39. The van der Waals surface area contributed by atoms with Crippen molar-refractivity contribution in [1.29, 1.82) is 0 Å². The lowest BCUT2D eigenvalue weighted by Crippen LogP contribution is -2.30. The average Bonchev–Trinajstić information content (AvgIpc) is 1.80. The molecule has 0 saturated carbocycles. The Balaban J connectivity index is 3.61. The molecule has 0 aromatic rings. The van der Waals surface area contributed by atoms with Crippen molar-refractivity contribution >= 4 is 0 Å². The molecule has 0 spiro atoms. The maximum absolute atomic E-state index is 12.4. The number of rotatable bonds is 4. The summed E-state index contributed by atoms with van der Waals surface area (Å²) in [6.45, 7) is 6.52. The standard InChI is InChI=1S/C8H16F2O/c1-6(2)5-11-7(3)8(4,9)10/h6-7H,5H2,1-4H3. The zero-order valence-corrected chi connectivity index (χ0v) is 7.53. The molecule has 1 nitrogen and oxygen atoms in total. The largest absolute Gasteiger partial charge is 0.372 e. The van der Waals surface area contributed by atoms with Gasteiger partial charge in [0, 0.05) is 13.5 Å². The minimum absolute atomic E-state index is 0.305. The van der Waals surface area contributed by atoms with Gasteiger partial charge < -0.3 is 4.74 Å². The number of halogens is 2. The third kappa shape index (κ3) is 5.13. The molecule has 0 rings (SSSR count). The smallest absolute Gasteiger partial charge is 0.270 e. The molecular formula is C8H16F2O. The van der Waals surface area contributed by atoms with Crippen molar-refractivity contribution in [3.8, 4) is 0 Å². The van der Waals surface area contributed by atoms with Crippen molar-refractivity contribution < 1.29 is 13.5 Å². The van der Waals surface area contributed by atoms with Crippen LogP contribution in [-0.2, 0) is 4.74 Å². The Bertz CT molecular complexity index is 107. The highest BCUT2D eigenvalue weighted by molar-refractivity contribution is 4.67. The number of ether oxygens (including phenoxy) is 1. The van der Waals surface area contributed by atoms with Gasteiger partial charge in [0.15, 0.2) is 0 Å². The summed E-state index contributed by atoms with van der Waals surface area (Å²) in [5.74, 6) is -2.42. The van der Waals surface area contributed by atoms with Gasteiger partial charge in [0.1, 0.15) is 6.10 Å². The molecule has 0 fully saturated rings. The molecule has 0 aliphatic carbocycles. The number of hydrogen-bond donors (Lipinski definition) is 0. The first-order valence-electron chi connectivity index (χ1n) is 3.83. The second-order valence-corrected chi connectivity index (χ2v) is 3.33. The van der Waals surface area contributed by atoms with Crippen LogP contribution in [0.3, 0.4) is 0 Å². The van der Waals surface area contributed by atoms with E-state index in [-0.39, 0.29) is 0 Å². The summed E-state index contributed by atoms with van der Waals surface area (Å²) in [5.41, 5.74) is 0. The highest BCUT2D eigenvalue weighted by atomic mass is 19.3. The van der Waals surface area contributed by atoms with E-state index < -0.39 is 12.0 Å². The van der Waals surface area contributed by atoms with Gasteiger partial charge in [-0.1, -0.05) is 13.8 Å². The van der Waals surface area contributed by atoms with Crippen LogP contribution in [0.4, 0.5) is 8.78 Å². The van der Waals surface area contributed by atoms with Crippen molar-refractivity contribution in [3.63, 3.8) is 0 Å². The lowest BCUT2D eigenvalue weighted by Gasteiger charge is -2.20. The van der Waals surface area contributed by atoms with Crippen molar-refractivity contribution in [1.82, 2.24) is 0 Å². The van der Waals surface area contributed by atoms with E-state index in [1.807, 2.05) is 13.8 Å². The summed E-state index contributed by atoms with van der Waals surface area (Å²) in [5, 5.41) is 0. The first-order chi connectivity index (χ1) is 4.84. The topological polar surface area (TPSA) is 9.23 Å². The van der Waals surface area contributed by atoms with E-state index in [0.717, 1.165) is 6.92 Å². The summed E-state index contributed by atoms with van der Waals surface area (Å²) in [6.07, 6.45) is -0.982. The van der Waals surface area contributed by atoms with Crippen molar-refractivity contribution in [2.75, 3.05) is 6.61 Å². The predicted molar refractivity (Wildman–Crippen MR) is 40.9 cm³/mol. The van der Waals surface area contributed by atoms with Gasteiger partial charge in [-0.3, -0.25) is 0 Å². The molecule has 0 radical (unpaired) electrons. The molecule has 1 atom stereocenters. The zero-order valence-electron chi connectivity index (χ0n) is 7.53. The van der Waals surface area contributed by atoms with Crippen LogP contribution in [0.5, 0.6) is 0 Å². The fourth-order valence-electron chi connectivity index (χ4n) is 0.483. The van der Waals surface area contributed by atoms with E-state index in [2.05, 4.69) is 0 Å². The molecule has 0 saturated heterocycles. The Morgan fingerprint density at radius 3 is 2.00 bits per heavy atom. The van der Waals surface area contributed by atoms with Gasteiger partial charge in [-0.05, 0) is 12.8 Å². The van der Waals surface area contributed by atoms with Gasteiger partial charge in [0.2, 0.25) is 0 Å². The molecule has 11 heavy (non-hydrogen) atoms. The molecule has 0 N–H and O–H groups in total. The minimum atomic E-state index is -2.73. The lowest BCUT2D eigenvalue weighted by atomic mass is 10.2. The molecule has 0 aromatic carbocycles. The Labute approximate surface area is 66.7 Å². The number of hydrogen-bond acceptors (Lipinski definition) is 1. The monoisotopic (exact) mass is 166 g/mol. The summed E-state index contributed by atoms with van der Waals surface area (Å²) < 4.78 is 29.8. The van der Waals surface area contributed by atoms with Gasteiger partial charge in [-0.25, -0.2) is 8.78 Å². The summed E-state index contributed by atoms with van der Waals surface area (Å²) in [7, 11) is 0. The van der Waals surface area contributed by atoms with Crippen LogP contribution in [0.2, 0.25) is 0 Å². The van der Waals surface area contributed by atoms with Crippen LogP contribution in [0.15, 0.2) is 0 Å². The quantitative estimate of drug-likeness (QED) is 0.624. The summed E-state index contributed by atoms with van der Waals surface area (Å²) in [4.78, 5) is 0. The van der Waals surface area contributed by atoms with Crippen LogP contribution >= 0.6 is 0 Å². The molecule has 0 aliphatic heterocycles. The molecule has 0 bridgehead atoms. The van der Waals surface area contributed by atoms with Crippen LogP contribution in [0, 0.1) is 5.92 Å². The SMILES string of the molecule is CC(C)COC(C)C(C)(F)F. The van der Waals surface area contributed by atoms with Gasteiger partial charge in [0.05, 0.1) is 0 Å². The molecule has 0 aliphatic rings. The van der Waals surface area contributed by atoms with E-state index in [1.165, 1.54) is 6.92 Å². The van der Waals surface area contributed by atoms with Crippen molar-refractivity contribution in [3.05, 3.63) is 0 Å². The van der Waals surface area contributed by atoms with Gasteiger partial charge in [-0.2, -0.15) is 0 Å². The zero-order chi connectivity index (χ0) is 9.07.